The van der Waals surface area contributed by atoms with E-state index >= 15 is 0 Å². The van der Waals surface area contributed by atoms with E-state index in [0.717, 1.165) is 5.56 Å². The van der Waals surface area contributed by atoms with Crippen molar-refractivity contribution in [3.8, 4) is 0 Å². The minimum Gasteiger partial charge on any atom is -0.271 e. The van der Waals surface area contributed by atoms with Crippen molar-refractivity contribution >= 4 is 11.6 Å². The molecule has 0 aliphatic carbocycles. The smallest absolute Gasteiger partial charge is 0.271 e. The van der Waals surface area contributed by atoms with Crippen molar-refractivity contribution in [2.45, 2.75) is 19.4 Å². The van der Waals surface area contributed by atoms with Gasteiger partial charge in [-0.25, -0.2) is 5.32 Å². The van der Waals surface area contributed by atoms with Gasteiger partial charge in [0.2, 0.25) is 0 Å². The van der Waals surface area contributed by atoms with Crippen LogP contribution in [0.5, 0.6) is 0 Å². The molecule has 0 aromatic heterocycles. The molecule has 0 unspecified atom stereocenters. The number of hydrogen-bond donors (Lipinski definition) is 0. The molecular formula is C12H13N2O. The molecule has 1 aliphatic heterocycles. The SMILES string of the molecule is CC1(C)C[N]C(=O)C(c2ccccc2)=N1. The van der Waals surface area contributed by atoms with Gasteiger partial charge in [-0.3, -0.25) is 9.79 Å². The van der Waals surface area contributed by atoms with Crippen LogP contribution in [0.4, 0.5) is 0 Å². The Hall–Kier alpha value is -1.64. The molecule has 3 nitrogen and oxygen atoms in total. The summed E-state index contributed by atoms with van der Waals surface area (Å²) in [6.07, 6.45) is 0. The number of hydrogen-bond acceptors (Lipinski definition) is 2. The van der Waals surface area contributed by atoms with E-state index in [4.69, 9.17) is 0 Å². The van der Waals surface area contributed by atoms with Crippen molar-refractivity contribution in [1.29, 1.82) is 0 Å². The summed E-state index contributed by atoms with van der Waals surface area (Å²) >= 11 is 0. The number of aliphatic imine (C=N–C) groups is 1. The highest BCUT2D eigenvalue weighted by Gasteiger charge is 2.28. The van der Waals surface area contributed by atoms with E-state index in [1.54, 1.807) is 0 Å². The number of carbonyl (C=O) groups is 1. The molecule has 0 saturated heterocycles. The van der Waals surface area contributed by atoms with Gasteiger partial charge in [0.05, 0.1) is 12.1 Å². The van der Waals surface area contributed by atoms with Gasteiger partial charge in [0, 0.05) is 5.56 Å². The van der Waals surface area contributed by atoms with Gasteiger partial charge in [-0.2, -0.15) is 0 Å². The van der Waals surface area contributed by atoms with Crippen LogP contribution in [0.3, 0.4) is 0 Å². The zero-order chi connectivity index (χ0) is 10.9. The van der Waals surface area contributed by atoms with Gasteiger partial charge in [0.1, 0.15) is 5.71 Å². The summed E-state index contributed by atoms with van der Waals surface area (Å²) in [7, 11) is 0. The summed E-state index contributed by atoms with van der Waals surface area (Å²) < 4.78 is 0. The topological polar surface area (TPSA) is 43.5 Å². The molecule has 1 aliphatic rings. The minimum atomic E-state index is -0.265. The Morgan fingerprint density at radius 2 is 1.87 bits per heavy atom. The van der Waals surface area contributed by atoms with Crippen molar-refractivity contribution in [3.63, 3.8) is 0 Å². The molecule has 0 bridgehead atoms. The van der Waals surface area contributed by atoms with Crippen LogP contribution in [-0.2, 0) is 4.79 Å². The zero-order valence-electron chi connectivity index (χ0n) is 8.90. The van der Waals surface area contributed by atoms with Crippen molar-refractivity contribution in [2.75, 3.05) is 6.54 Å². The number of amides is 1. The molecule has 15 heavy (non-hydrogen) atoms. The molecule has 0 N–H and O–H groups in total. The lowest BCUT2D eigenvalue weighted by Crippen LogP contribution is -2.42. The van der Waals surface area contributed by atoms with Gasteiger partial charge in [0.25, 0.3) is 5.91 Å². The van der Waals surface area contributed by atoms with Crippen LogP contribution in [0.15, 0.2) is 35.3 Å². The predicted molar refractivity (Wildman–Crippen MR) is 59.1 cm³/mol. The standard InChI is InChI=1S/C12H13N2O/c1-12(2)8-13-11(15)10(14-12)9-6-4-3-5-7-9/h3-7H,8H2,1-2H3. The Bertz CT molecular complexity index is 407. The Morgan fingerprint density at radius 3 is 2.53 bits per heavy atom. The second-order valence-electron chi connectivity index (χ2n) is 4.26. The monoisotopic (exact) mass is 201 g/mol. The van der Waals surface area contributed by atoms with E-state index < -0.39 is 0 Å². The molecule has 0 fully saturated rings. The fraction of sp³-hybridized carbons (Fsp3) is 0.333. The summed E-state index contributed by atoms with van der Waals surface area (Å²) in [5.41, 5.74) is 1.06. The molecule has 0 saturated carbocycles. The van der Waals surface area contributed by atoms with Crippen molar-refractivity contribution in [3.05, 3.63) is 35.9 Å². The molecule has 0 atom stereocenters. The fourth-order valence-corrected chi connectivity index (χ4v) is 1.51. The number of nitrogens with zero attached hydrogens (tertiary/aromatic N) is 2. The second kappa shape index (κ2) is 3.50. The first-order chi connectivity index (χ1) is 7.08. The second-order valence-corrected chi connectivity index (χ2v) is 4.26. The molecule has 2 rings (SSSR count). The van der Waals surface area contributed by atoms with Crippen LogP contribution >= 0.6 is 0 Å². The largest absolute Gasteiger partial charge is 0.291 e. The van der Waals surface area contributed by atoms with Crippen LogP contribution < -0.4 is 5.32 Å². The minimum absolute atomic E-state index is 0.208. The molecular weight excluding hydrogens is 188 g/mol. The van der Waals surface area contributed by atoms with E-state index in [9.17, 15) is 4.79 Å². The van der Waals surface area contributed by atoms with E-state index in [1.807, 2.05) is 44.2 Å². The lowest BCUT2D eigenvalue weighted by atomic mass is 10.0. The average Bonchev–Trinajstić information content (AvgIpc) is 2.23. The van der Waals surface area contributed by atoms with Crippen LogP contribution in [0, 0.1) is 0 Å². The van der Waals surface area contributed by atoms with Crippen LogP contribution in [0.2, 0.25) is 0 Å². The summed E-state index contributed by atoms with van der Waals surface area (Å²) in [6.45, 7) is 4.43. The van der Waals surface area contributed by atoms with Crippen molar-refractivity contribution < 1.29 is 4.79 Å². The maximum absolute atomic E-state index is 11.6. The first-order valence-electron chi connectivity index (χ1n) is 4.96. The van der Waals surface area contributed by atoms with Crippen molar-refractivity contribution in [2.24, 2.45) is 4.99 Å². The molecule has 1 radical (unpaired) electrons. The quantitative estimate of drug-likeness (QED) is 0.677. The Kier molecular flexibility index (Phi) is 2.31. The first-order valence-corrected chi connectivity index (χ1v) is 4.96. The van der Waals surface area contributed by atoms with Crippen LogP contribution in [0.1, 0.15) is 19.4 Å². The third-order valence-electron chi connectivity index (χ3n) is 2.27. The molecule has 1 amide bonds. The Balaban J connectivity index is 2.43. The number of rotatable bonds is 1. The van der Waals surface area contributed by atoms with Gasteiger partial charge >= 0.3 is 0 Å². The first kappa shape index (κ1) is 9.90. The average molecular weight is 201 g/mol. The van der Waals surface area contributed by atoms with E-state index in [1.165, 1.54) is 0 Å². The van der Waals surface area contributed by atoms with Gasteiger partial charge in [0.15, 0.2) is 0 Å². The van der Waals surface area contributed by atoms with Gasteiger partial charge in [-0.05, 0) is 13.8 Å². The lowest BCUT2D eigenvalue weighted by molar-refractivity contribution is -0.115. The zero-order valence-corrected chi connectivity index (χ0v) is 8.90. The third-order valence-corrected chi connectivity index (χ3v) is 2.27. The molecule has 1 aromatic carbocycles. The molecule has 3 heteroatoms. The van der Waals surface area contributed by atoms with E-state index in [0.29, 0.717) is 12.3 Å². The molecule has 0 spiro atoms. The van der Waals surface area contributed by atoms with E-state index in [-0.39, 0.29) is 11.4 Å². The summed E-state index contributed by atoms with van der Waals surface area (Å²) in [5.74, 6) is -0.208. The van der Waals surface area contributed by atoms with E-state index in [2.05, 4.69) is 10.3 Å². The highest BCUT2D eigenvalue weighted by atomic mass is 16.2. The number of carbonyl (C=O) groups excluding carboxylic acids is 1. The maximum atomic E-state index is 11.6. The molecule has 77 valence electrons. The van der Waals surface area contributed by atoms with Crippen LogP contribution in [0.25, 0.3) is 0 Å². The molecule has 1 heterocycles. The summed E-state index contributed by atoms with van der Waals surface area (Å²) in [6, 6.07) is 9.47. The Morgan fingerprint density at radius 1 is 1.20 bits per heavy atom. The summed E-state index contributed by atoms with van der Waals surface area (Å²) in [4.78, 5) is 16.0. The number of benzene rings is 1. The maximum Gasteiger partial charge on any atom is 0.291 e. The van der Waals surface area contributed by atoms with Crippen molar-refractivity contribution in [1.82, 2.24) is 5.32 Å². The lowest BCUT2D eigenvalue weighted by Gasteiger charge is -2.25. The third kappa shape index (κ3) is 2.06. The summed E-state index contributed by atoms with van der Waals surface area (Å²) in [5, 5.41) is 3.97. The fourth-order valence-electron chi connectivity index (χ4n) is 1.51. The molecule has 1 aromatic rings. The highest BCUT2D eigenvalue weighted by molar-refractivity contribution is 6.45. The highest BCUT2D eigenvalue weighted by Crippen LogP contribution is 2.16. The van der Waals surface area contributed by atoms with Crippen LogP contribution in [-0.4, -0.2) is 23.7 Å². The van der Waals surface area contributed by atoms with Gasteiger partial charge in [-0.15, -0.1) is 0 Å². The van der Waals surface area contributed by atoms with Gasteiger partial charge in [-0.1, -0.05) is 30.3 Å². The normalized spacial score (nSPS) is 19.3. The van der Waals surface area contributed by atoms with Gasteiger partial charge < -0.3 is 0 Å². The Labute approximate surface area is 89.2 Å². The predicted octanol–water partition coefficient (Wildman–Crippen LogP) is 1.40.